The van der Waals surface area contributed by atoms with E-state index in [0.717, 1.165) is 23.3 Å². The lowest BCUT2D eigenvalue weighted by molar-refractivity contribution is -0.139. The number of nitrogens with zero attached hydrogens (tertiary/aromatic N) is 2. The van der Waals surface area contributed by atoms with Gasteiger partial charge in [0.2, 0.25) is 0 Å². The van der Waals surface area contributed by atoms with Crippen LogP contribution < -0.4 is 14.9 Å². The fraction of sp³-hybridized carbons (Fsp3) is 0.424. The lowest BCUT2D eigenvalue weighted by Gasteiger charge is -2.57. The molecule has 40 heavy (non-hydrogen) atoms. The maximum atomic E-state index is 14.0. The second-order valence-corrected chi connectivity index (χ2v) is 13.2. The third-order valence-corrected chi connectivity index (χ3v) is 10.6. The molecule has 1 atom stereocenters. The second-order valence-electron chi connectivity index (χ2n) is 12.2. The van der Waals surface area contributed by atoms with Gasteiger partial charge >= 0.3 is 5.97 Å². The molecular weight excluding hydrogens is 520 g/mol. The van der Waals surface area contributed by atoms with Crippen LogP contribution in [0.5, 0.6) is 5.75 Å². The SMILES string of the molecule is CCOC(=O)C1=C(C)N=c2s/c(=C/c3cc(C45CC6CC(CC(C6)C4)C5)ccc3O)c(=O)n2[C@@H]1c1ccccc1. The topological polar surface area (TPSA) is 80.9 Å². The van der Waals surface area contributed by atoms with E-state index in [1.165, 1.54) is 55.4 Å². The highest BCUT2D eigenvalue weighted by Crippen LogP contribution is 2.60. The number of ether oxygens (including phenoxy) is 1. The van der Waals surface area contributed by atoms with Crippen LogP contribution in [-0.4, -0.2) is 22.2 Å². The Morgan fingerprint density at radius 2 is 1.77 bits per heavy atom. The van der Waals surface area contributed by atoms with Crippen LogP contribution >= 0.6 is 11.3 Å². The lowest BCUT2D eigenvalue weighted by Crippen LogP contribution is -2.48. The molecule has 4 fully saturated rings. The molecule has 7 heteroatoms. The van der Waals surface area contributed by atoms with Gasteiger partial charge in [-0.3, -0.25) is 9.36 Å². The number of carbonyl (C=O) groups is 1. The van der Waals surface area contributed by atoms with Crippen molar-refractivity contribution in [3.8, 4) is 5.75 Å². The molecular formula is C33H34N2O4S. The standard InChI is InChI=1S/C33H34N2O4S/c1-3-39-31(38)28-19(2)34-32-35(29(28)23-7-5-4-6-8-23)30(37)27(40-32)15-24-14-25(9-10-26(24)36)33-16-20-11-21(17-33)13-22(12-20)18-33/h4-10,14-15,20-22,29,36H,3,11-13,16-18H2,1-2H3/b27-15+/t20?,21?,22?,29-,33?/m1/s1. The molecule has 1 aliphatic heterocycles. The molecule has 1 N–H and O–H groups in total. The third kappa shape index (κ3) is 4.09. The van der Waals surface area contributed by atoms with Gasteiger partial charge in [-0.2, -0.15) is 0 Å². The van der Waals surface area contributed by atoms with Gasteiger partial charge in [0.05, 0.1) is 28.5 Å². The Morgan fingerprint density at radius 3 is 2.42 bits per heavy atom. The summed E-state index contributed by atoms with van der Waals surface area (Å²) in [7, 11) is 0. The zero-order valence-electron chi connectivity index (χ0n) is 22.9. The number of thiazole rings is 1. The number of fused-ring (bicyclic) bond motifs is 1. The Morgan fingerprint density at radius 1 is 1.10 bits per heavy atom. The van der Waals surface area contributed by atoms with Gasteiger partial charge in [-0.15, -0.1) is 0 Å². The van der Waals surface area contributed by atoms with Crippen LogP contribution in [-0.2, 0) is 14.9 Å². The Kier molecular flexibility index (Phi) is 6.11. The summed E-state index contributed by atoms with van der Waals surface area (Å²) >= 11 is 1.29. The van der Waals surface area contributed by atoms with Crippen LogP contribution in [0.3, 0.4) is 0 Å². The average molecular weight is 555 g/mol. The Bertz CT molecular complexity index is 1680. The molecule has 5 aliphatic rings. The Balaban J connectivity index is 1.34. The van der Waals surface area contributed by atoms with Crippen LogP contribution in [0.15, 0.2) is 69.6 Å². The lowest BCUT2D eigenvalue weighted by atomic mass is 9.48. The molecule has 2 aromatic carbocycles. The first-order chi connectivity index (χ1) is 19.3. The van der Waals surface area contributed by atoms with Crippen LogP contribution in [0.1, 0.15) is 75.1 Å². The third-order valence-electron chi connectivity index (χ3n) is 9.60. The molecule has 2 heterocycles. The van der Waals surface area contributed by atoms with Crippen molar-refractivity contribution < 1.29 is 14.6 Å². The predicted octanol–water partition coefficient (Wildman–Crippen LogP) is 4.97. The van der Waals surface area contributed by atoms with Gasteiger partial charge in [-0.05, 0) is 105 Å². The Labute approximate surface area is 237 Å². The molecule has 0 unspecified atom stereocenters. The van der Waals surface area contributed by atoms with Crippen molar-refractivity contribution in [2.75, 3.05) is 6.61 Å². The van der Waals surface area contributed by atoms with Crippen molar-refractivity contribution >= 4 is 23.4 Å². The molecule has 4 aliphatic carbocycles. The summed E-state index contributed by atoms with van der Waals surface area (Å²) in [6.07, 6.45) is 9.63. The number of allylic oxidation sites excluding steroid dienone is 1. The first-order valence-electron chi connectivity index (χ1n) is 14.4. The van der Waals surface area contributed by atoms with E-state index in [2.05, 4.69) is 17.1 Å². The number of hydrogen-bond acceptors (Lipinski definition) is 6. The summed E-state index contributed by atoms with van der Waals surface area (Å²) in [5.41, 5.74) is 3.66. The van der Waals surface area contributed by atoms with Gasteiger partial charge in [-0.25, -0.2) is 9.79 Å². The number of phenolic OH excluding ortho intramolecular Hbond substituents is 1. The van der Waals surface area contributed by atoms with Crippen LogP contribution in [0.25, 0.3) is 6.08 Å². The van der Waals surface area contributed by atoms with Crippen LogP contribution in [0.4, 0.5) is 0 Å². The van der Waals surface area contributed by atoms with E-state index in [1.807, 2.05) is 30.3 Å². The molecule has 6 nitrogen and oxygen atoms in total. The van der Waals surface area contributed by atoms with Crippen molar-refractivity contribution in [2.45, 2.75) is 63.8 Å². The number of esters is 1. The molecule has 0 saturated heterocycles. The maximum absolute atomic E-state index is 14.0. The quantitative estimate of drug-likeness (QED) is 0.452. The molecule has 3 aromatic rings. The molecule has 4 saturated carbocycles. The minimum absolute atomic E-state index is 0.169. The molecule has 0 radical (unpaired) electrons. The fourth-order valence-electron chi connectivity index (χ4n) is 8.35. The summed E-state index contributed by atoms with van der Waals surface area (Å²) in [5.74, 6) is 2.17. The van der Waals surface area contributed by atoms with Crippen molar-refractivity contribution in [1.82, 2.24) is 4.57 Å². The smallest absolute Gasteiger partial charge is 0.338 e. The van der Waals surface area contributed by atoms with E-state index in [-0.39, 0.29) is 23.3 Å². The molecule has 206 valence electrons. The van der Waals surface area contributed by atoms with E-state index in [1.54, 1.807) is 30.6 Å². The summed E-state index contributed by atoms with van der Waals surface area (Å²) in [6, 6.07) is 14.9. The zero-order chi connectivity index (χ0) is 27.6. The van der Waals surface area contributed by atoms with Gasteiger partial charge in [-0.1, -0.05) is 47.7 Å². The van der Waals surface area contributed by atoms with E-state index in [9.17, 15) is 14.7 Å². The summed E-state index contributed by atoms with van der Waals surface area (Å²) < 4.78 is 7.46. The second kappa shape index (κ2) is 9.58. The minimum atomic E-state index is -0.634. The number of aromatic hydroxyl groups is 1. The first kappa shape index (κ1) is 25.5. The Hall–Kier alpha value is -3.45. The number of aromatic nitrogens is 1. The summed E-state index contributed by atoms with van der Waals surface area (Å²) in [6.45, 7) is 3.80. The van der Waals surface area contributed by atoms with Gasteiger partial charge in [0.1, 0.15) is 5.75 Å². The van der Waals surface area contributed by atoms with Crippen molar-refractivity contribution in [3.05, 3.63) is 96.2 Å². The number of hydrogen-bond donors (Lipinski definition) is 1. The van der Waals surface area contributed by atoms with Gasteiger partial charge in [0.15, 0.2) is 4.80 Å². The molecule has 0 spiro atoms. The number of phenols is 1. The summed E-state index contributed by atoms with van der Waals surface area (Å²) in [4.78, 5) is 32.3. The van der Waals surface area contributed by atoms with E-state index >= 15 is 0 Å². The minimum Gasteiger partial charge on any atom is -0.507 e. The van der Waals surface area contributed by atoms with E-state index in [0.29, 0.717) is 26.2 Å². The molecule has 8 rings (SSSR count). The predicted molar refractivity (Wildman–Crippen MR) is 155 cm³/mol. The molecule has 1 aromatic heterocycles. The van der Waals surface area contributed by atoms with Crippen molar-refractivity contribution in [2.24, 2.45) is 22.7 Å². The fourth-order valence-corrected chi connectivity index (χ4v) is 9.39. The summed E-state index contributed by atoms with van der Waals surface area (Å²) in [5, 5.41) is 10.9. The average Bonchev–Trinajstić information content (AvgIpc) is 3.23. The van der Waals surface area contributed by atoms with E-state index in [4.69, 9.17) is 4.74 Å². The van der Waals surface area contributed by atoms with Crippen LogP contribution in [0.2, 0.25) is 0 Å². The molecule has 4 bridgehead atoms. The van der Waals surface area contributed by atoms with Gasteiger partial charge in [0.25, 0.3) is 5.56 Å². The number of rotatable bonds is 5. The van der Waals surface area contributed by atoms with Crippen molar-refractivity contribution in [3.63, 3.8) is 0 Å². The zero-order valence-corrected chi connectivity index (χ0v) is 23.7. The normalized spacial score (nSPS) is 28.9. The highest BCUT2D eigenvalue weighted by atomic mass is 32.1. The maximum Gasteiger partial charge on any atom is 0.338 e. The van der Waals surface area contributed by atoms with E-state index < -0.39 is 12.0 Å². The molecule has 0 amide bonds. The van der Waals surface area contributed by atoms with Gasteiger partial charge < -0.3 is 9.84 Å². The van der Waals surface area contributed by atoms with Gasteiger partial charge in [0, 0.05) is 5.56 Å². The highest BCUT2D eigenvalue weighted by Gasteiger charge is 2.51. The number of benzene rings is 2. The van der Waals surface area contributed by atoms with Crippen LogP contribution in [0, 0.1) is 17.8 Å². The first-order valence-corrected chi connectivity index (χ1v) is 15.2. The highest BCUT2D eigenvalue weighted by molar-refractivity contribution is 7.07. The number of carbonyl (C=O) groups excluding carboxylic acids is 1. The monoisotopic (exact) mass is 554 g/mol. The largest absolute Gasteiger partial charge is 0.507 e. The van der Waals surface area contributed by atoms with Crippen molar-refractivity contribution in [1.29, 1.82) is 0 Å².